The Labute approximate surface area is 180 Å². The molecule has 0 aliphatic carbocycles. The summed E-state index contributed by atoms with van der Waals surface area (Å²) >= 11 is 6.02. The molecule has 2 heterocycles. The summed E-state index contributed by atoms with van der Waals surface area (Å²) in [6, 6.07) is 5.90. The van der Waals surface area contributed by atoms with Crippen LogP contribution in [0.3, 0.4) is 0 Å². The van der Waals surface area contributed by atoms with E-state index in [1.54, 1.807) is 11.8 Å². The van der Waals surface area contributed by atoms with Gasteiger partial charge in [0.15, 0.2) is 0 Å². The zero-order valence-electron chi connectivity index (χ0n) is 16.4. The van der Waals surface area contributed by atoms with Crippen LogP contribution in [0.5, 0.6) is 0 Å². The Hall–Kier alpha value is -2.92. The predicted molar refractivity (Wildman–Crippen MR) is 109 cm³/mol. The first kappa shape index (κ1) is 22.8. The molecule has 1 saturated heterocycles. The lowest BCUT2D eigenvalue weighted by Gasteiger charge is -2.38. The summed E-state index contributed by atoms with van der Waals surface area (Å²) < 4.78 is 38.3. The molecule has 0 bridgehead atoms. The van der Waals surface area contributed by atoms with Crippen molar-refractivity contribution in [2.24, 2.45) is 0 Å². The minimum absolute atomic E-state index is 0.0716. The van der Waals surface area contributed by atoms with Gasteiger partial charge in [0.25, 0.3) is 5.69 Å². The SMILES string of the molecule is C[C@@H](C(=O)Nc1ccc([N+](=O)[O-])cc1)N1CCN(c2ncc(C(F)(F)F)cc2Cl)CC1. The molecule has 3 rings (SSSR count). The maximum absolute atomic E-state index is 12.8. The predicted octanol–water partition coefficient (Wildman–Crippen LogP) is 3.81. The lowest BCUT2D eigenvalue weighted by atomic mass is 10.2. The van der Waals surface area contributed by atoms with Crippen LogP contribution in [0.4, 0.5) is 30.4 Å². The van der Waals surface area contributed by atoms with Crippen LogP contribution in [0.15, 0.2) is 36.5 Å². The van der Waals surface area contributed by atoms with Gasteiger partial charge in [-0.2, -0.15) is 13.2 Å². The van der Waals surface area contributed by atoms with Crippen molar-refractivity contribution in [3.8, 4) is 0 Å². The number of hydrogen-bond donors (Lipinski definition) is 1. The second kappa shape index (κ2) is 9.06. The fourth-order valence-electron chi connectivity index (χ4n) is 3.22. The minimum Gasteiger partial charge on any atom is -0.353 e. The van der Waals surface area contributed by atoms with Crippen molar-refractivity contribution < 1.29 is 22.9 Å². The van der Waals surface area contributed by atoms with Crippen molar-refractivity contribution >= 4 is 34.7 Å². The van der Waals surface area contributed by atoms with Gasteiger partial charge in [-0.1, -0.05) is 11.6 Å². The number of halogens is 4. The number of nitrogens with zero attached hydrogens (tertiary/aromatic N) is 4. The lowest BCUT2D eigenvalue weighted by Crippen LogP contribution is -2.53. The van der Waals surface area contributed by atoms with Gasteiger partial charge < -0.3 is 10.2 Å². The number of pyridine rings is 1. The number of amides is 1. The number of piperazine rings is 1. The fraction of sp³-hybridized carbons (Fsp3) is 0.368. The van der Waals surface area contributed by atoms with Crippen LogP contribution >= 0.6 is 11.6 Å². The van der Waals surface area contributed by atoms with Gasteiger partial charge in [-0.3, -0.25) is 19.8 Å². The van der Waals surface area contributed by atoms with E-state index >= 15 is 0 Å². The number of hydrogen-bond acceptors (Lipinski definition) is 6. The van der Waals surface area contributed by atoms with Gasteiger partial charge in [-0.05, 0) is 25.1 Å². The van der Waals surface area contributed by atoms with Crippen LogP contribution < -0.4 is 10.2 Å². The number of nitro groups is 1. The van der Waals surface area contributed by atoms with Crippen molar-refractivity contribution in [1.82, 2.24) is 9.88 Å². The number of anilines is 2. The van der Waals surface area contributed by atoms with Gasteiger partial charge in [0, 0.05) is 50.2 Å². The number of non-ortho nitro benzene ring substituents is 1. The monoisotopic (exact) mass is 457 g/mol. The molecule has 1 amide bonds. The van der Waals surface area contributed by atoms with Crippen LogP contribution in [-0.4, -0.2) is 52.9 Å². The average molecular weight is 458 g/mol. The van der Waals surface area contributed by atoms with E-state index in [1.165, 1.54) is 24.3 Å². The number of carbonyl (C=O) groups excluding carboxylic acids is 1. The molecule has 1 aliphatic rings. The van der Waals surface area contributed by atoms with Crippen molar-refractivity contribution in [1.29, 1.82) is 0 Å². The third-order valence-corrected chi connectivity index (χ3v) is 5.31. The van der Waals surface area contributed by atoms with E-state index in [0.29, 0.717) is 31.9 Å². The fourth-order valence-corrected chi connectivity index (χ4v) is 3.50. The number of alkyl halides is 3. The minimum atomic E-state index is -4.51. The van der Waals surface area contributed by atoms with E-state index in [4.69, 9.17) is 11.6 Å². The quantitative estimate of drug-likeness (QED) is 0.542. The summed E-state index contributed by atoms with van der Waals surface area (Å²) in [5.74, 6) is 0.00490. The zero-order chi connectivity index (χ0) is 22.8. The molecular formula is C19H19ClF3N5O3. The topological polar surface area (TPSA) is 91.6 Å². The molecule has 8 nitrogen and oxygen atoms in total. The molecule has 2 aromatic rings. The molecule has 1 N–H and O–H groups in total. The van der Waals surface area contributed by atoms with Crippen molar-refractivity contribution in [3.05, 3.63) is 57.2 Å². The molecule has 1 fully saturated rings. The Morgan fingerprint density at radius 3 is 2.35 bits per heavy atom. The van der Waals surface area contributed by atoms with Gasteiger partial charge in [-0.25, -0.2) is 4.98 Å². The van der Waals surface area contributed by atoms with E-state index in [1.807, 2.05) is 4.90 Å². The lowest BCUT2D eigenvalue weighted by molar-refractivity contribution is -0.384. The third kappa shape index (κ3) is 5.42. The molecule has 0 radical (unpaired) electrons. The van der Waals surface area contributed by atoms with Gasteiger partial charge in [0.1, 0.15) is 5.82 Å². The largest absolute Gasteiger partial charge is 0.417 e. The van der Waals surface area contributed by atoms with E-state index in [0.717, 1.165) is 12.3 Å². The summed E-state index contributed by atoms with van der Waals surface area (Å²) in [5.41, 5.74) is -0.532. The first-order valence-corrected chi connectivity index (χ1v) is 9.71. The first-order valence-electron chi connectivity index (χ1n) is 9.33. The molecule has 1 aromatic heterocycles. The Balaban J connectivity index is 1.57. The molecule has 12 heteroatoms. The Bertz CT molecular complexity index is 963. The molecule has 1 atom stereocenters. The Kier molecular flexibility index (Phi) is 6.65. The van der Waals surface area contributed by atoms with Crippen molar-refractivity contribution in [3.63, 3.8) is 0 Å². The smallest absolute Gasteiger partial charge is 0.353 e. The average Bonchev–Trinajstić information content (AvgIpc) is 2.73. The van der Waals surface area contributed by atoms with Gasteiger partial charge in [0.05, 0.1) is 21.6 Å². The maximum Gasteiger partial charge on any atom is 0.417 e. The van der Waals surface area contributed by atoms with Crippen LogP contribution in [0, 0.1) is 10.1 Å². The summed E-state index contributed by atoms with van der Waals surface area (Å²) in [7, 11) is 0. The molecule has 0 unspecified atom stereocenters. The van der Waals surface area contributed by atoms with Gasteiger partial charge in [0.2, 0.25) is 5.91 Å². The van der Waals surface area contributed by atoms with Gasteiger partial charge in [-0.15, -0.1) is 0 Å². The Morgan fingerprint density at radius 1 is 1.23 bits per heavy atom. The maximum atomic E-state index is 12.8. The number of aromatic nitrogens is 1. The van der Waals surface area contributed by atoms with Crippen LogP contribution in [0.2, 0.25) is 5.02 Å². The highest BCUT2D eigenvalue weighted by Crippen LogP contribution is 2.33. The number of benzene rings is 1. The molecule has 166 valence electrons. The summed E-state index contributed by atoms with van der Waals surface area (Å²) in [4.78, 5) is 30.3. The highest BCUT2D eigenvalue weighted by molar-refractivity contribution is 6.33. The van der Waals surface area contributed by atoms with Gasteiger partial charge >= 0.3 is 6.18 Å². The standard InChI is InChI=1S/C19H19ClF3N5O3/c1-12(18(29)25-14-2-4-15(5-3-14)28(30)31)26-6-8-27(9-7-26)17-16(20)10-13(11-24-17)19(21,22)23/h2-5,10-12H,6-9H2,1H3,(H,25,29)/t12-/m0/s1. The van der Waals surface area contributed by atoms with Crippen LogP contribution in [0.25, 0.3) is 0 Å². The number of nitro benzene ring substituents is 1. The van der Waals surface area contributed by atoms with E-state index in [-0.39, 0.29) is 22.4 Å². The molecular weight excluding hydrogens is 439 g/mol. The van der Waals surface area contributed by atoms with E-state index in [9.17, 15) is 28.1 Å². The first-order chi connectivity index (χ1) is 14.6. The number of rotatable bonds is 5. The number of nitrogens with one attached hydrogen (secondary N) is 1. The Morgan fingerprint density at radius 2 is 1.84 bits per heavy atom. The molecule has 0 saturated carbocycles. The second-order valence-corrected chi connectivity index (χ2v) is 7.43. The highest BCUT2D eigenvalue weighted by atomic mass is 35.5. The summed E-state index contributed by atoms with van der Waals surface area (Å²) in [6.07, 6.45) is -3.76. The van der Waals surface area contributed by atoms with Crippen LogP contribution in [-0.2, 0) is 11.0 Å². The normalized spacial score (nSPS) is 16.1. The molecule has 0 spiro atoms. The number of carbonyl (C=O) groups is 1. The summed E-state index contributed by atoms with van der Waals surface area (Å²) in [6.45, 7) is 3.57. The zero-order valence-corrected chi connectivity index (χ0v) is 17.2. The highest BCUT2D eigenvalue weighted by Gasteiger charge is 2.33. The van der Waals surface area contributed by atoms with E-state index in [2.05, 4.69) is 10.3 Å². The molecule has 1 aliphatic heterocycles. The molecule has 31 heavy (non-hydrogen) atoms. The third-order valence-electron chi connectivity index (χ3n) is 5.04. The van der Waals surface area contributed by atoms with E-state index < -0.39 is 22.7 Å². The van der Waals surface area contributed by atoms with Crippen LogP contribution in [0.1, 0.15) is 12.5 Å². The molecule has 1 aromatic carbocycles. The summed E-state index contributed by atoms with van der Waals surface area (Å²) in [5, 5.41) is 13.3. The second-order valence-electron chi connectivity index (χ2n) is 7.02. The van der Waals surface area contributed by atoms with Crippen molar-refractivity contribution in [2.75, 3.05) is 36.4 Å². The van der Waals surface area contributed by atoms with Crippen molar-refractivity contribution in [2.45, 2.75) is 19.1 Å².